The summed E-state index contributed by atoms with van der Waals surface area (Å²) in [5.41, 5.74) is 8.71. The molecule has 2 amide bonds. The fraction of sp³-hybridized carbons (Fsp3) is 0.692. The molecule has 2 bridgehead atoms. The first-order valence-electron chi connectivity index (χ1n) is 6.57. The lowest BCUT2D eigenvalue weighted by Crippen LogP contribution is -2.30. The summed E-state index contributed by atoms with van der Waals surface area (Å²) in [4.78, 5) is 10.8. The van der Waals surface area contributed by atoms with Gasteiger partial charge in [-0.1, -0.05) is 18.6 Å². The number of urea groups is 1. The predicted octanol–water partition coefficient (Wildman–Crippen LogP) is 2.02. The molecule has 4 aliphatic carbocycles. The van der Waals surface area contributed by atoms with Gasteiger partial charge in [0, 0.05) is 17.5 Å². The number of hydrogen-bond donors (Lipinski definition) is 2. The number of fused-ring (bicyclic) bond motifs is 1. The van der Waals surface area contributed by atoms with Gasteiger partial charge in [0.15, 0.2) is 0 Å². The van der Waals surface area contributed by atoms with E-state index in [0.717, 1.165) is 11.8 Å². The molecule has 92 valence electrons. The third kappa shape index (κ3) is 1.85. The summed E-state index contributed by atoms with van der Waals surface area (Å²) in [6, 6.07) is -0.560. The number of amides is 2. The van der Waals surface area contributed by atoms with E-state index >= 15 is 0 Å². The first kappa shape index (κ1) is 10.8. The van der Waals surface area contributed by atoms with Crippen LogP contribution >= 0.6 is 0 Å². The maximum absolute atomic E-state index is 10.8. The quantitative estimate of drug-likeness (QED) is 0.528. The molecule has 0 aliphatic heterocycles. The van der Waals surface area contributed by atoms with Crippen molar-refractivity contribution in [3.8, 4) is 0 Å². The lowest BCUT2D eigenvalue weighted by Gasteiger charge is -2.22. The molecular weight excluding hydrogens is 214 g/mol. The van der Waals surface area contributed by atoms with Crippen molar-refractivity contribution < 1.29 is 4.79 Å². The molecule has 2 saturated carbocycles. The van der Waals surface area contributed by atoms with Gasteiger partial charge in [-0.2, -0.15) is 5.10 Å². The maximum atomic E-state index is 10.8. The van der Waals surface area contributed by atoms with Gasteiger partial charge in [0.2, 0.25) is 0 Å². The smallest absolute Gasteiger partial charge is 0.332 e. The number of rotatable bonds is 1. The lowest BCUT2D eigenvalue weighted by molar-refractivity contribution is 0.249. The van der Waals surface area contributed by atoms with Crippen LogP contribution < -0.4 is 11.2 Å². The van der Waals surface area contributed by atoms with E-state index in [1.807, 2.05) is 0 Å². The number of hydrogen-bond acceptors (Lipinski definition) is 2. The summed E-state index contributed by atoms with van der Waals surface area (Å²) in [6.45, 7) is 0. The van der Waals surface area contributed by atoms with Crippen molar-refractivity contribution in [3.63, 3.8) is 0 Å². The molecule has 4 aliphatic rings. The Kier molecular flexibility index (Phi) is 2.65. The van der Waals surface area contributed by atoms with Crippen LogP contribution in [0.3, 0.4) is 0 Å². The number of hydrazone groups is 1. The van der Waals surface area contributed by atoms with Crippen LogP contribution in [0.5, 0.6) is 0 Å². The molecule has 4 rings (SSSR count). The Labute approximate surface area is 101 Å². The number of nitrogens with two attached hydrogens (primary N) is 1. The zero-order valence-electron chi connectivity index (χ0n) is 9.93. The Balaban J connectivity index is 1.91. The molecule has 2 unspecified atom stereocenters. The summed E-state index contributed by atoms with van der Waals surface area (Å²) in [5, 5.41) is 4.31. The van der Waals surface area contributed by atoms with Crippen LogP contribution in [0, 0.1) is 23.7 Å². The van der Waals surface area contributed by atoms with E-state index < -0.39 is 6.03 Å². The van der Waals surface area contributed by atoms with Gasteiger partial charge in [0.05, 0.1) is 0 Å². The van der Waals surface area contributed by atoms with Gasteiger partial charge in [0.1, 0.15) is 0 Å². The van der Waals surface area contributed by atoms with Gasteiger partial charge in [-0.15, -0.1) is 0 Å². The number of nitrogens with zero attached hydrogens (tertiary/aromatic N) is 1. The summed E-state index contributed by atoms with van der Waals surface area (Å²) < 4.78 is 0. The average molecular weight is 233 g/mol. The fourth-order valence-corrected chi connectivity index (χ4v) is 3.87. The second-order valence-corrected chi connectivity index (χ2v) is 5.45. The van der Waals surface area contributed by atoms with Crippen molar-refractivity contribution in [1.29, 1.82) is 0 Å². The highest BCUT2D eigenvalue weighted by Gasteiger charge is 2.42. The molecule has 0 aromatic rings. The largest absolute Gasteiger partial charge is 0.350 e. The predicted molar refractivity (Wildman–Crippen MR) is 66.3 cm³/mol. The zero-order chi connectivity index (χ0) is 11.8. The third-order valence-corrected chi connectivity index (χ3v) is 4.58. The molecule has 2 fully saturated rings. The number of carbonyl (C=O) groups excluding carboxylic acids is 1. The number of allylic oxidation sites excluding steroid dienone is 2. The molecule has 3 N–H and O–H groups in total. The average Bonchev–Trinajstić information content (AvgIpc) is 2.70. The topological polar surface area (TPSA) is 67.5 Å². The van der Waals surface area contributed by atoms with Gasteiger partial charge in [-0.3, -0.25) is 0 Å². The monoisotopic (exact) mass is 233 g/mol. The zero-order valence-corrected chi connectivity index (χ0v) is 9.93. The van der Waals surface area contributed by atoms with E-state index in [1.54, 1.807) is 0 Å². The van der Waals surface area contributed by atoms with Crippen LogP contribution in [0.25, 0.3) is 0 Å². The highest BCUT2D eigenvalue weighted by atomic mass is 16.2. The van der Waals surface area contributed by atoms with Gasteiger partial charge in [-0.05, 0) is 37.5 Å². The minimum absolute atomic E-state index is 0.422. The van der Waals surface area contributed by atoms with E-state index in [1.165, 1.54) is 37.8 Å². The summed E-state index contributed by atoms with van der Waals surface area (Å²) >= 11 is 0. The Bertz CT molecular complexity index is 388. The molecule has 0 radical (unpaired) electrons. The highest BCUT2D eigenvalue weighted by molar-refractivity contribution is 5.92. The van der Waals surface area contributed by atoms with E-state index in [4.69, 9.17) is 5.73 Å². The van der Waals surface area contributed by atoms with Crippen molar-refractivity contribution in [2.24, 2.45) is 34.5 Å². The van der Waals surface area contributed by atoms with Crippen LogP contribution in [-0.4, -0.2) is 11.7 Å². The van der Waals surface area contributed by atoms with E-state index in [0.29, 0.717) is 11.8 Å². The van der Waals surface area contributed by atoms with Crippen LogP contribution in [0.2, 0.25) is 0 Å². The summed E-state index contributed by atoms with van der Waals surface area (Å²) in [6.07, 6.45) is 10.9. The molecule has 0 aromatic carbocycles. The Morgan fingerprint density at radius 1 is 1.29 bits per heavy atom. The van der Waals surface area contributed by atoms with Crippen molar-refractivity contribution in [2.45, 2.75) is 32.1 Å². The first-order chi connectivity index (χ1) is 8.25. The summed E-state index contributed by atoms with van der Waals surface area (Å²) in [5.74, 6) is 2.47. The minimum Gasteiger partial charge on any atom is -0.350 e. The van der Waals surface area contributed by atoms with Crippen molar-refractivity contribution in [1.82, 2.24) is 5.43 Å². The Hall–Kier alpha value is -1.32. The molecule has 0 aromatic heterocycles. The van der Waals surface area contributed by atoms with Crippen LogP contribution in [-0.2, 0) is 0 Å². The van der Waals surface area contributed by atoms with E-state index in [2.05, 4.69) is 22.7 Å². The minimum atomic E-state index is -0.560. The van der Waals surface area contributed by atoms with E-state index in [-0.39, 0.29) is 0 Å². The van der Waals surface area contributed by atoms with E-state index in [9.17, 15) is 4.79 Å². The highest BCUT2D eigenvalue weighted by Crippen LogP contribution is 2.47. The standard InChI is InChI=1S/C13H19N3O/c14-13(17)16-15-12-9-6-4-8(5-7-9)10-2-1-3-11(10)12/h4,6,8-11H,1-3,5,7H2,(H3,14,16,17)/b15-12-/t8?,9?,10-,11-/m1/s1. The molecular formula is C13H19N3O. The van der Waals surface area contributed by atoms with Gasteiger partial charge in [0.25, 0.3) is 0 Å². The first-order valence-corrected chi connectivity index (χ1v) is 6.57. The third-order valence-electron chi connectivity index (χ3n) is 4.58. The number of primary amides is 1. The van der Waals surface area contributed by atoms with Gasteiger partial charge in [-0.25, -0.2) is 10.2 Å². The lowest BCUT2D eigenvalue weighted by atomic mass is 9.83. The van der Waals surface area contributed by atoms with Crippen LogP contribution in [0.1, 0.15) is 32.1 Å². The Morgan fingerprint density at radius 3 is 2.88 bits per heavy atom. The molecule has 0 heterocycles. The van der Waals surface area contributed by atoms with Crippen molar-refractivity contribution in [2.75, 3.05) is 0 Å². The second kappa shape index (κ2) is 4.17. The molecule has 4 atom stereocenters. The molecule has 0 spiro atoms. The SMILES string of the molecule is NC(=O)N/N=C1/C2C=CC(CC2)[C@H]2CCC[C@@H]12. The normalized spacial score (nSPS) is 41.3. The van der Waals surface area contributed by atoms with Crippen LogP contribution in [0.4, 0.5) is 4.79 Å². The summed E-state index contributed by atoms with van der Waals surface area (Å²) in [7, 11) is 0. The molecule has 0 saturated heterocycles. The second-order valence-electron chi connectivity index (χ2n) is 5.45. The Morgan fingerprint density at radius 2 is 2.18 bits per heavy atom. The van der Waals surface area contributed by atoms with Crippen LogP contribution in [0.15, 0.2) is 17.3 Å². The van der Waals surface area contributed by atoms with Crippen molar-refractivity contribution >= 4 is 11.7 Å². The number of nitrogens with one attached hydrogen (secondary N) is 1. The maximum Gasteiger partial charge on any atom is 0.332 e. The molecule has 4 nitrogen and oxygen atoms in total. The molecule has 17 heavy (non-hydrogen) atoms. The van der Waals surface area contributed by atoms with Gasteiger partial charge < -0.3 is 5.73 Å². The van der Waals surface area contributed by atoms with Gasteiger partial charge >= 0.3 is 6.03 Å². The fourth-order valence-electron chi connectivity index (χ4n) is 3.87. The molecule has 4 heteroatoms. The number of carbonyl (C=O) groups is 1. The van der Waals surface area contributed by atoms with Crippen molar-refractivity contribution in [3.05, 3.63) is 12.2 Å².